The van der Waals surface area contributed by atoms with Gasteiger partial charge in [0.2, 0.25) is 0 Å². The molecular formula is C14H27BrN4. The molecule has 0 radical (unpaired) electrons. The zero-order valence-corrected chi connectivity index (χ0v) is 14.2. The summed E-state index contributed by atoms with van der Waals surface area (Å²) in [5.41, 5.74) is 1.27. The van der Waals surface area contributed by atoms with Gasteiger partial charge in [0.15, 0.2) is 0 Å². The van der Waals surface area contributed by atoms with Crippen molar-refractivity contribution in [2.24, 2.45) is 0 Å². The summed E-state index contributed by atoms with van der Waals surface area (Å²) in [6.07, 6.45) is 3.01. The first-order chi connectivity index (χ1) is 9.17. The first-order valence-corrected chi connectivity index (χ1v) is 8.13. The predicted molar refractivity (Wildman–Crippen MR) is 84.4 cm³/mol. The molecule has 0 aliphatic heterocycles. The SMILES string of the molecule is CCNC(CCN(CC)CC)c1c(Br)cnn1CC. The highest BCUT2D eigenvalue weighted by molar-refractivity contribution is 9.10. The van der Waals surface area contributed by atoms with Gasteiger partial charge in [-0.05, 0) is 55.5 Å². The molecule has 0 saturated carbocycles. The number of hydrogen-bond acceptors (Lipinski definition) is 3. The monoisotopic (exact) mass is 330 g/mol. The zero-order valence-electron chi connectivity index (χ0n) is 12.6. The van der Waals surface area contributed by atoms with Crippen molar-refractivity contribution in [2.45, 2.75) is 46.7 Å². The lowest BCUT2D eigenvalue weighted by Gasteiger charge is -2.24. The summed E-state index contributed by atoms with van der Waals surface area (Å²) in [6.45, 7) is 14.0. The third kappa shape index (κ3) is 4.58. The Hall–Kier alpha value is -0.390. The summed E-state index contributed by atoms with van der Waals surface area (Å²) in [6, 6.07) is 0.363. The van der Waals surface area contributed by atoms with E-state index in [1.165, 1.54) is 5.69 Å². The van der Waals surface area contributed by atoms with E-state index < -0.39 is 0 Å². The van der Waals surface area contributed by atoms with Gasteiger partial charge in [-0.3, -0.25) is 4.68 Å². The van der Waals surface area contributed by atoms with Crippen LogP contribution in [0.25, 0.3) is 0 Å². The predicted octanol–water partition coefficient (Wildman–Crippen LogP) is 3.05. The Morgan fingerprint density at radius 1 is 1.32 bits per heavy atom. The van der Waals surface area contributed by atoms with Gasteiger partial charge in [-0.15, -0.1) is 0 Å². The van der Waals surface area contributed by atoms with Crippen LogP contribution in [0, 0.1) is 0 Å². The lowest BCUT2D eigenvalue weighted by atomic mass is 10.1. The van der Waals surface area contributed by atoms with Crippen molar-refractivity contribution in [3.05, 3.63) is 16.4 Å². The van der Waals surface area contributed by atoms with E-state index in [0.29, 0.717) is 6.04 Å². The summed E-state index contributed by atoms with van der Waals surface area (Å²) in [7, 11) is 0. The second-order valence-electron chi connectivity index (χ2n) is 4.62. The number of nitrogens with zero attached hydrogens (tertiary/aromatic N) is 3. The highest BCUT2D eigenvalue weighted by atomic mass is 79.9. The van der Waals surface area contributed by atoms with Crippen molar-refractivity contribution in [1.82, 2.24) is 20.0 Å². The standard InChI is InChI=1S/C14H27BrN4/c1-5-16-13(9-10-18(6-2)7-3)14-12(15)11-17-19(14)8-4/h11,13,16H,5-10H2,1-4H3. The van der Waals surface area contributed by atoms with Crippen LogP contribution in [0.5, 0.6) is 0 Å². The van der Waals surface area contributed by atoms with E-state index in [1.54, 1.807) is 0 Å². The van der Waals surface area contributed by atoms with Crippen LogP contribution in [0.4, 0.5) is 0 Å². The van der Waals surface area contributed by atoms with Crippen LogP contribution in [0.2, 0.25) is 0 Å². The lowest BCUT2D eigenvalue weighted by molar-refractivity contribution is 0.279. The lowest BCUT2D eigenvalue weighted by Crippen LogP contribution is -2.30. The number of aromatic nitrogens is 2. The van der Waals surface area contributed by atoms with Gasteiger partial charge in [-0.1, -0.05) is 20.8 Å². The molecule has 0 bridgehead atoms. The summed E-state index contributed by atoms with van der Waals surface area (Å²) in [5.74, 6) is 0. The molecule has 0 fully saturated rings. The van der Waals surface area contributed by atoms with E-state index in [1.807, 2.05) is 6.20 Å². The van der Waals surface area contributed by atoms with Crippen LogP contribution in [-0.4, -0.2) is 40.9 Å². The Kier molecular flexibility index (Phi) is 7.64. The van der Waals surface area contributed by atoms with Gasteiger partial charge >= 0.3 is 0 Å². The van der Waals surface area contributed by atoms with Gasteiger partial charge in [0.1, 0.15) is 0 Å². The molecule has 0 spiro atoms. The van der Waals surface area contributed by atoms with Gasteiger partial charge < -0.3 is 10.2 Å². The van der Waals surface area contributed by atoms with Gasteiger partial charge in [0, 0.05) is 6.54 Å². The van der Waals surface area contributed by atoms with Crippen LogP contribution in [0.1, 0.15) is 45.9 Å². The molecule has 1 aromatic heterocycles. The van der Waals surface area contributed by atoms with Crippen molar-refractivity contribution in [1.29, 1.82) is 0 Å². The Morgan fingerprint density at radius 3 is 2.53 bits per heavy atom. The molecule has 1 unspecified atom stereocenters. The van der Waals surface area contributed by atoms with E-state index >= 15 is 0 Å². The first-order valence-electron chi connectivity index (χ1n) is 7.34. The van der Waals surface area contributed by atoms with Crippen molar-refractivity contribution in [3.63, 3.8) is 0 Å². The third-order valence-electron chi connectivity index (χ3n) is 3.54. The second-order valence-corrected chi connectivity index (χ2v) is 5.47. The summed E-state index contributed by atoms with van der Waals surface area (Å²) < 4.78 is 3.19. The van der Waals surface area contributed by atoms with E-state index in [4.69, 9.17) is 0 Å². The minimum atomic E-state index is 0.363. The van der Waals surface area contributed by atoms with Crippen molar-refractivity contribution in [2.75, 3.05) is 26.2 Å². The third-order valence-corrected chi connectivity index (χ3v) is 4.15. The molecule has 1 N–H and O–H groups in total. The number of rotatable bonds is 9. The normalized spacial score (nSPS) is 13.2. The van der Waals surface area contributed by atoms with Gasteiger partial charge in [0.25, 0.3) is 0 Å². The summed E-state index contributed by atoms with van der Waals surface area (Å²) >= 11 is 3.63. The molecule has 1 rings (SSSR count). The smallest absolute Gasteiger partial charge is 0.0696 e. The van der Waals surface area contributed by atoms with Crippen LogP contribution in [0.3, 0.4) is 0 Å². The van der Waals surface area contributed by atoms with E-state index in [2.05, 4.69) is 63.6 Å². The van der Waals surface area contributed by atoms with Crippen molar-refractivity contribution in [3.8, 4) is 0 Å². The molecule has 0 aliphatic carbocycles. The van der Waals surface area contributed by atoms with Crippen LogP contribution in [-0.2, 0) is 6.54 Å². The molecule has 110 valence electrons. The maximum Gasteiger partial charge on any atom is 0.0696 e. The van der Waals surface area contributed by atoms with E-state index in [-0.39, 0.29) is 0 Å². The Bertz CT molecular complexity index is 360. The molecule has 0 saturated heterocycles. The number of halogens is 1. The minimum Gasteiger partial charge on any atom is -0.309 e. The number of aryl methyl sites for hydroxylation is 1. The fourth-order valence-electron chi connectivity index (χ4n) is 2.40. The summed E-state index contributed by atoms with van der Waals surface area (Å²) in [5, 5.41) is 8.01. The summed E-state index contributed by atoms with van der Waals surface area (Å²) in [4.78, 5) is 2.46. The fourth-order valence-corrected chi connectivity index (χ4v) is 2.98. The van der Waals surface area contributed by atoms with Crippen LogP contribution < -0.4 is 5.32 Å². The van der Waals surface area contributed by atoms with Crippen LogP contribution >= 0.6 is 15.9 Å². The molecular weight excluding hydrogens is 304 g/mol. The largest absolute Gasteiger partial charge is 0.309 e. The van der Waals surface area contributed by atoms with E-state index in [9.17, 15) is 0 Å². The van der Waals surface area contributed by atoms with Crippen molar-refractivity contribution >= 4 is 15.9 Å². The number of hydrogen-bond donors (Lipinski definition) is 1. The maximum atomic E-state index is 4.42. The molecule has 4 nitrogen and oxygen atoms in total. The zero-order chi connectivity index (χ0) is 14.3. The average Bonchev–Trinajstić information content (AvgIpc) is 2.79. The van der Waals surface area contributed by atoms with Gasteiger partial charge in [0.05, 0.1) is 22.4 Å². The second kappa shape index (κ2) is 8.72. The first kappa shape index (κ1) is 16.7. The molecule has 5 heteroatoms. The fraction of sp³-hybridized carbons (Fsp3) is 0.786. The molecule has 19 heavy (non-hydrogen) atoms. The molecule has 0 amide bonds. The molecule has 1 heterocycles. The number of nitrogens with one attached hydrogen (secondary N) is 1. The minimum absolute atomic E-state index is 0.363. The quantitative estimate of drug-likeness (QED) is 0.755. The van der Waals surface area contributed by atoms with Crippen LogP contribution in [0.15, 0.2) is 10.7 Å². The van der Waals surface area contributed by atoms with Crippen molar-refractivity contribution < 1.29 is 0 Å². The van der Waals surface area contributed by atoms with Gasteiger partial charge in [-0.2, -0.15) is 5.10 Å². The Morgan fingerprint density at radius 2 is 2.00 bits per heavy atom. The Balaban J connectivity index is 2.78. The highest BCUT2D eigenvalue weighted by Gasteiger charge is 2.19. The molecule has 1 atom stereocenters. The topological polar surface area (TPSA) is 33.1 Å². The molecule has 1 aromatic rings. The highest BCUT2D eigenvalue weighted by Crippen LogP contribution is 2.25. The molecule has 0 aliphatic rings. The van der Waals surface area contributed by atoms with E-state index in [0.717, 1.165) is 43.6 Å². The van der Waals surface area contributed by atoms with Gasteiger partial charge in [-0.25, -0.2) is 0 Å². The maximum absolute atomic E-state index is 4.42. The Labute approximate surface area is 125 Å². The molecule has 0 aromatic carbocycles. The average molecular weight is 331 g/mol.